The van der Waals surface area contributed by atoms with Gasteiger partial charge >= 0.3 is 0 Å². The Balaban J connectivity index is 2.32. The third-order valence-electron chi connectivity index (χ3n) is 3.43. The predicted molar refractivity (Wildman–Crippen MR) is 65.1 cm³/mol. The van der Waals surface area contributed by atoms with Crippen LogP contribution in [-0.2, 0) is 0 Å². The molecule has 1 aromatic carbocycles. The van der Waals surface area contributed by atoms with Crippen molar-refractivity contribution in [3.8, 4) is 0 Å². The number of nitro groups is 1. The highest BCUT2D eigenvalue weighted by Gasteiger charge is 2.37. The first-order valence-corrected chi connectivity index (χ1v) is 5.71. The topological polar surface area (TPSA) is 75.4 Å². The van der Waals surface area contributed by atoms with Crippen LogP contribution in [0.4, 0.5) is 11.4 Å². The van der Waals surface area contributed by atoms with Gasteiger partial charge in [0.15, 0.2) is 0 Å². The lowest BCUT2D eigenvalue weighted by molar-refractivity contribution is -0.384. The van der Waals surface area contributed by atoms with E-state index in [4.69, 9.17) is 0 Å². The third kappa shape index (κ3) is 2.10. The normalized spacial score (nSPS) is 17.3. The Morgan fingerprint density at radius 3 is 2.71 bits per heavy atom. The Kier molecular flexibility index (Phi) is 3.02. The SMILES string of the molecule is Cc1cccc(NC2(CO)CCC2)c1[N+](=O)[O-]. The fraction of sp³-hybridized carbons (Fsp3) is 0.500. The van der Waals surface area contributed by atoms with Gasteiger partial charge < -0.3 is 10.4 Å². The summed E-state index contributed by atoms with van der Waals surface area (Å²) in [5.74, 6) is 0. The zero-order valence-electron chi connectivity index (χ0n) is 9.77. The van der Waals surface area contributed by atoms with E-state index in [0.29, 0.717) is 11.3 Å². The molecule has 0 aromatic heterocycles. The van der Waals surface area contributed by atoms with Gasteiger partial charge in [-0.1, -0.05) is 12.1 Å². The second-order valence-corrected chi connectivity index (χ2v) is 4.65. The van der Waals surface area contributed by atoms with Crippen molar-refractivity contribution in [1.82, 2.24) is 0 Å². The Hall–Kier alpha value is -1.62. The lowest BCUT2D eigenvalue weighted by Gasteiger charge is -2.41. The number of nitrogens with zero attached hydrogens (tertiary/aromatic N) is 1. The summed E-state index contributed by atoms with van der Waals surface area (Å²) in [6, 6.07) is 5.20. The van der Waals surface area contributed by atoms with E-state index in [1.807, 2.05) is 0 Å². The summed E-state index contributed by atoms with van der Waals surface area (Å²) < 4.78 is 0. The van der Waals surface area contributed by atoms with Crippen molar-refractivity contribution >= 4 is 11.4 Å². The molecule has 92 valence electrons. The number of hydrogen-bond acceptors (Lipinski definition) is 4. The van der Waals surface area contributed by atoms with E-state index in [9.17, 15) is 15.2 Å². The molecule has 0 bridgehead atoms. The number of nitro benzene ring substituents is 1. The molecule has 0 atom stereocenters. The van der Waals surface area contributed by atoms with Crippen LogP contribution in [0.1, 0.15) is 24.8 Å². The van der Waals surface area contributed by atoms with E-state index in [0.717, 1.165) is 19.3 Å². The fourth-order valence-corrected chi connectivity index (χ4v) is 2.21. The van der Waals surface area contributed by atoms with Gasteiger partial charge in [0, 0.05) is 5.56 Å². The highest BCUT2D eigenvalue weighted by molar-refractivity contribution is 5.66. The minimum Gasteiger partial charge on any atom is -0.394 e. The van der Waals surface area contributed by atoms with Crippen molar-refractivity contribution in [2.45, 2.75) is 31.7 Å². The number of benzene rings is 1. The van der Waals surface area contributed by atoms with E-state index in [-0.39, 0.29) is 22.8 Å². The highest BCUT2D eigenvalue weighted by atomic mass is 16.6. The predicted octanol–water partition coefficient (Wildman–Crippen LogP) is 2.23. The Labute approximate surface area is 99.6 Å². The lowest BCUT2D eigenvalue weighted by atomic mass is 9.77. The van der Waals surface area contributed by atoms with Crippen LogP contribution in [0.3, 0.4) is 0 Å². The molecule has 1 aliphatic rings. The van der Waals surface area contributed by atoms with Gasteiger partial charge in [-0.15, -0.1) is 0 Å². The van der Waals surface area contributed by atoms with Crippen molar-refractivity contribution in [3.05, 3.63) is 33.9 Å². The largest absolute Gasteiger partial charge is 0.394 e. The number of hydrogen-bond donors (Lipinski definition) is 2. The Morgan fingerprint density at radius 2 is 2.24 bits per heavy atom. The summed E-state index contributed by atoms with van der Waals surface area (Å²) in [4.78, 5) is 10.7. The molecule has 1 fully saturated rings. The lowest BCUT2D eigenvalue weighted by Crippen LogP contribution is -2.48. The molecule has 0 spiro atoms. The van der Waals surface area contributed by atoms with Gasteiger partial charge in [0.1, 0.15) is 5.69 Å². The summed E-state index contributed by atoms with van der Waals surface area (Å²) >= 11 is 0. The number of anilines is 1. The van der Waals surface area contributed by atoms with E-state index >= 15 is 0 Å². The molecular weight excluding hydrogens is 220 g/mol. The first kappa shape index (κ1) is 11.9. The van der Waals surface area contributed by atoms with Gasteiger partial charge in [-0.2, -0.15) is 0 Å². The quantitative estimate of drug-likeness (QED) is 0.621. The van der Waals surface area contributed by atoms with Gasteiger partial charge in [-0.25, -0.2) is 0 Å². The molecule has 0 unspecified atom stereocenters. The zero-order chi connectivity index (χ0) is 12.5. The first-order valence-electron chi connectivity index (χ1n) is 5.71. The number of para-hydroxylation sites is 1. The molecule has 0 radical (unpaired) electrons. The minimum atomic E-state index is -0.374. The van der Waals surface area contributed by atoms with E-state index in [2.05, 4.69) is 5.32 Å². The molecule has 0 amide bonds. The van der Waals surface area contributed by atoms with E-state index in [1.165, 1.54) is 0 Å². The van der Waals surface area contributed by atoms with Crippen LogP contribution in [0.5, 0.6) is 0 Å². The van der Waals surface area contributed by atoms with Crippen LogP contribution >= 0.6 is 0 Å². The van der Waals surface area contributed by atoms with Crippen molar-refractivity contribution in [2.24, 2.45) is 0 Å². The van der Waals surface area contributed by atoms with Crippen LogP contribution in [-0.4, -0.2) is 22.2 Å². The third-order valence-corrected chi connectivity index (χ3v) is 3.43. The smallest absolute Gasteiger partial charge is 0.295 e. The molecule has 0 heterocycles. The first-order chi connectivity index (χ1) is 8.08. The molecule has 5 heteroatoms. The Bertz CT molecular complexity index is 436. The number of rotatable bonds is 4. The van der Waals surface area contributed by atoms with Gasteiger partial charge in [0.05, 0.1) is 17.1 Å². The molecule has 2 N–H and O–H groups in total. The van der Waals surface area contributed by atoms with Gasteiger partial charge in [0.25, 0.3) is 5.69 Å². The van der Waals surface area contributed by atoms with Crippen molar-refractivity contribution in [1.29, 1.82) is 0 Å². The maximum Gasteiger partial charge on any atom is 0.295 e. The average molecular weight is 236 g/mol. The summed E-state index contributed by atoms with van der Waals surface area (Å²) in [7, 11) is 0. The molecule has 5 nitrogen and oxygen atoms in total. The van der Waals surface area contributed by atoms with Crippen molar-refractivity contribution in [2.75, 3.05) is 11.9 Å². The average Bonchev–Trinajstić information content (AvgIpc) is 2.23. The molecular formula is C12H16N2O3. The van der Waals surface area contributed by atoms with E-state index in [1.54, 1.807) is 25.1 Å². The molecule has 1 aromatic rings. The van der Waals surface area contributed by atoms with Crippen LogP contribution < -0.4 is 5.32 Å². The van der Waals surface area contributed by atoms with Crippen LogP contribution in [0.25, 0.3) is 0 Å². The zero-order valence-corrected chi connectivity index (χ0v) is 9.77. The van der Waals surface area contributed by atoms with Crippen molar-refractivity contribution in [3.63, 3.8) is 0 Å². The van der Waals surface area contributed by atoms with Crippen molar-refractivity contribution < 1.29 is 10.0 Å². The second-order valence-electron chi connectivity index (χ2n) is 4.65. The number of aryl methyl sites for hydroxylation is 1. The molecule has 2 rings (SSSR count). The minimum absolute atomic E-state index is 0.0120. The monoisotopic (exact) mass is 236 g/mol. The summed E-state index contributed by atoms with van der Waals surface area (Å²) in [6.45, 7) is 1.73. The molecule has 17 heavy (non-hydrogen) atoms. The summed E-state index contributed by atoms with van der Waals surface area (Å²) in [5.41, 5.74) is 0.877. The summed E-state index contributed by atoms with van der Waals surface area (Å²) in [5, 5.41) is 23.5. The van der Waals surface area contributed by atoms with Crippen LogP contribution in [0, 0.1) is 17.0 Å². The maximum atomic E-state index is 11.0. The number of aliphatic hydroxyl groups is 1. The summed E-state index contributed by atoms with van der Waals surface area (Å²) in [6.07, 6.45) is 2.76. The standard InChI is InChI=1S/C12H16N2O3/c1-9-4-2-5-10(11(9)14(16)17)13-12(8-15)6-3-7-12/h2,4-5,13,15H,3,6-8H2,1H3. The maximum absolute atomic E-state index is 11.0. The molecule has 1 aliphatic carbocycles. The fourth-order valence-electron chi connectivity index (χ4n) is 2.21. The molecule has 1 saturated carbocycles. The van der Waals surface area contributed by atoms with Gasteiger partial charge in [-0.05, 0) is 32.3 Å². The highest BCUT2D eigenvalue weighted by Crippen LogP contribution is 2.38. The van der Waals surface area contributed by atoms with Crippen LogP contribution in [0.2, 0.25) is 0 Å². The van der Waals surface area contributed by atoms with Crippen LogP contribution in [0.15, 0.2) is 18.2 Å². The Morgan fingerprint density at radius 1 is 1.53 bits per heavy atom. The second kappa shape index (κ2) is 4.33. The number of nitrogens with one attached hydrogen (secondary N) is 1. The van der Waals surface area contributed by atoms with Gasteiger partial charge in [0.2, 0.25) is 0 Å². The molecule has 0 aliphatic heterocycles. The van der Waals surface area contributed by atoms with E-state index < -0.39 is 0 Å². The number of aliphatic hydroxyl groups excluding tert-OH is 1. The molecule has 0 saturated heterocycles. The van der Waals surface area contributed by atoms with Gasteiger partial charge in [-0.3, -0.25) is 10.1 Å².